The third-order valence-electron chi connectivity index (χ3n) is 3.67. The molecule has 0 aliphatic rings. The Labute approximate surface area is 196 Å². The molecule has 0 radical (unpaired) electrons. The van der Waals surface area contributed by atoms with Crippen LogP contribution in [0.1, 0.15) is 5.56 Å². The summed E-state index contributed by atoms with van der Waals surface area (Å²) in [4.78, 5) is 4.08. The van der Waals surface area contributed by atoms with Crippen molar-refractivity contribution in [1.82, 2.24) is 15.4 Å². The molecule has 0 spiro atoms. The molecule has 0 atom stereocenters. The van der Waals surface area contributed by atoms with Gasteiger partial charge in [0.15, 0.2) is 5.96 Å². The average molecular weight is 575 g/mol. The first-order valence-electron chi connectivity index (χ1n) is 8.54. The third-order valence-corrected chi connectivity index (χ3v) is 5.37. The van der Waals surface area contributed by atoms with Crippen molar-refractivity contribution < 1.29 is 21.9 Å². The van der Waals surface area contributed by atoms with E-state index < -0.39 is 16.6 Å². The lowest BCUT2D eigenvalue weighted by Gasteiger charge is -2.14. The van der Waals surface area contributed by atoms with Crippen LogP contribution in [0.4, 0.5) is 8.78 Å². The molecule has 0 saturated carbocycles. The van der Waals surface area contributed by atoms with E-state index in [1.165, 1.54) is 25.2 Å². The summed E-state index contributed by atoms with van der Waals surface area (Å²) in [5.41, 5.74) is 0.525. The second kappa shape index (κ2) is 12.9. The molecule has 0 amide bonds. The zero-order valence-corrected chi connectivity index (χ0v) is 19.8. The number of hydrogen-bond acceptors (Lipinski definition) is 4. The Morgan fingerprint density at radius 1 is 1.13 bits per heavy atom. The van der Waals surface area contributed by atoms with Gasteiger partial charge in [-0.05, 0) is 24.3 Å². The number of guanidine groups is 1. The van der Waals surface area contributed by atoms with Gasteiger partial charge in [0.1, 0.15) is 5.75 Å². The van der Waals surface area contributed by atoms with Crippen LogP contribution in [0.15, 0.2) is 58.4 Å². The standard InChI is InChI=1S/C18H21ClF2N4O3S.HI/c1-22-18(24-12-13-5-2-3-8-16(13)28-17(20)21)23-9-10-25-29(26,27)15-7-4-6-14(19)11-15;/h2-8,11,17,25H,9-10,12H2,1H3,(H2,22,23,24);1H. The number of aliphatic imine (C=N–C) groups is 1. The van der Waals surface area contributed by atoms with Gasteiger partial charge < -0.3 is 15.4 Å². The summed E-state index contributed by atoms with van der Waals surface area (Å²) in [6.45, 7) is -2.38. The lowest BCUT2D eigenvalue weighted by Crippen LogP contribution is -2.41. The highest BCUT2D eigenvalue weighted by atomic mass is 127. The molecule has 0 heterocycles. The van der Waals surface area contributed by atoms with Crippen molar-refractivity contribution in [2.24, 2.45) is 4.99 Å². The van der Waals surface area contributed by atoms with E-state index in [1.807, 2.05) is 0 Å². The average Bonchev–Trinajstić information content (AvgIpc) is 2.68. The molecule has 30 heavy (non-hydrogen) atoms. The van der Waals surface area contributed by atoms with Crippen molar-refractivity contribution in [3.8, 4) is 5.75 Å². The highest BCUT2D eigenvalue weighted by Crippen LogP contribution is 2.20. The summed E-state index contributed by atoms with van der Waals surface area (Å²) in [5, 5.41) is 6.21. The number of benzene rings is 2. The highest BCUT2D eigenvalue weighted by Gasteiger charge is 2.13. The van der Waals surface area contributed by atoms with Crippen LogP contribution < -0.4 is 20.1 Å². The molecule has 0 unspecified atom stereocenters. The maximum atomic E-state index is 12.5. The Kier molecular flexibility index (Phi) is 11.3. The number of para-hydroxylation sites is 1. The second-order valence-electron chi connectivity index (χ2n) is 5.69. The van der Waals surface area contributed by atoms with Gasteiger partial charge in [-0.3, -0.25) is 4.99 Å². The first kappa shape index (κ1) is 26.3. The Bertz CT molecular complexity index is 949. The molecule has 7 nitrogen and oxygen atoms in total. The normalized spacial score (nSPS) is 11.7. The summed E-state index contributed by atoms with van der Waals surface area (Å²) < 4.78 is 56.3. The zero-order chi connectivity index (χ0) is 21.3. The number of sulfonamides is 1. The molecule has 3 N–H and O–H groups in total. The van der Waals surface area contributed by atoms with E-state index in [0.29, 0.717) is 16.5 Å². The first-order valence-corrected chi connectivity index (χ1v) is 10.4. The summed E-state index contributed by atoms with van der Waals surface area (Å²) in [7, 11) is -2.15. The minimum absolute atomic E-state index is 0. The maximum Gasteiger partial charge on any atom is 0.387 e. The predicted octanol–water partition coefficient (Wildman–Crippen LogP) is 3.20. The van der Waals surface area contributed by atoms with E-state index in [1.54, 1.807) is 30.3 Å². The van der Waals surface area contributed by atoms with Crippen LogP contribution in [-0.4, -0.2) is 41.1 Å². The lowest BCUT2D eigenvalue weighted by atomic mass is 10.2. The molecule has 2 rings (SSSR count). The summed E-state index contributed by atoms with van der Waals surface area (Å²) in [6, 6.07) is 12.3. The summed E-state index contributed by atoms with van der Waals surface area (Å²) in [5.74, 6) is 0.443. The molecule has 0 bridgehead atoms. The molecule has 0 aliphatic carbocycles. The fourth-order valence-electron chi connectivity index (χ4n) is 2.34. The second-order valence-corrected chi connectivity index (χ2v) is 7.90. The van der Waals surface area contributed by atoms with Gasteiger partial charge in [0.05, 0.1) is 4.90 Å². The molecule has 0 fully saturated rings. The molecular weight excluding hydrogens is 553 g/mol. The molecule has 2 aromatic rings. The first-order chi connectivity index (χ1) is 13.8. The number of ether oxygens (including phenoxy) is 1. The Hall–Kier alpha value is -1.70. The Balaban J connectivity index is 0.00000450. The summed E-state index contributed by atoms with van der Waals surface area (Å²) in [6.07, 6.45) is 0. The van der Waals surface area contributed by atoms with E-state index in [9.17, 15) is 17.2 Å². The quantitative estimate of drug-likeness (QED) is 0.185. The number of hydrogen-bond donors (Lipinski definition) is 3. The summed E-state index contributed by atoms with van der Waals surface area (Å²) >= 11 is 5.82. The van der Waals surface area contributed by atoms with Crippen LogP contribution in [0.2, 0.25) is 5.02 Å². The van der Waals surface area contributed by atoms with Gasteiger partial charge in [-0.2, -0.15) is 8.78 Å². The van der Waals surface area contributed by atoms with E-state index in [-0.39, 0.29) is 54.3 Å². The minimum Gasteiger partial charge on any atom is -0.434 e. The van der Waals surface area contributed by atoms with Crippen LogP contribution >= 0.6 is 35.6 Å². The van der Waals surface area contributed by atoms with Crippen LogP contribution in [0.3, 0.4) is 0 Å². The molecule has 166 valence electrons. The van der Waals surface area contributed by atoms with Crippen molar-refractivity contribution in [2.45, 2.75) is 18.1 Å². The van der Waals surface area contributed by atoms with E-state index in [0.717, 1.165) is 0 Å². The molecule has 12 heteroatoms. The van der Waals surface area contributed by atoms with Crippen molar-refractivity contribution in [3.05, 3.63) is 59.1 Å². The number of halogens is 4. The van der Waals surface area contributed by atoms with E-state index in [4.69, 9.17) is 11.6 Å². The smallest absolute Gasteiger partial charge is 0.387 e. The fourth-order valence-corrected chi connectivity index (χ4v) is 3.68. The van der Waals surface area contributed by atoms with Crippen LogP contribution in [-0.2, 0) is 16.6 Å². The molecule has 2 aromatic carbocycles. The van der Waals surface area contributed by atoms with Gasteiger partial charge in [0, 0.05) is 37.3 Å². The topological polar surface area (TPSA) is 91.8 Å². The van der Waals surface area contributed by atoms with Crippen molar-refractivity contribution in [2.75, 3.05) is 20.1 Å². The van der Waals surface area contributed by atoms with Gasteiger partial charge in [0.2, 0.25) is 10.0 Å². The number of nitrogens with zero attached hydrogens (tertiary/aromatic N) is 1. The van der Waals surface area contributed by atoms with Crippen LogP contribution in [0.25, 0.3) is 0 Å². The third kappa shape index (κ3) is 8.58. The van der Waals surface area contributed by atoms with Crippen molar-refractivity contribution in [3.63, 3.8) is 0 Å². The largest absolute Gasteiger partial charge is 0.434 e. The number of alkyl halides is 2. The van der Waals surface area contributed by atoms with Crippen LogP contribution in [0.5, 0.6) is 5.75 Å². The predicted molar refractivity (Wildman–Crippen MR) is 123 cm³/mol. The molecule has 0 aromatic heterocycles. The van der Waals surface area contributed by atoms with E-state index in [2.05, 4.69) is 25.1 Å². The van der Waals surface area contributed by atoms with Gasteiger partial charge >= 0.3 is 6.61 Å². The SMILES string of the molecule is CN=C(NCCNS(=O)(=O)c1cccc(Cl)c1)NCc1ccccc1OC(F)F.I. The highest BCUT2D eigenvalue weighted by molar-refractivity contribution is 14.0. The van der Waals surface area contributed by atoms with Gasteiger partial charge in [-0.1, -0.05) is 35.9 Å². The Morgan fingerprint density at radius 3 is 2.53 bits per heavy atom. The molecular formula is C18H22ClF2IN4O3S. The number of nitrogens with one attached hydrogen (secondary N) is 3. The fraction of sp³-hybridized carbons (Fsp3) is 0.278. The van der Waals surface area contributed by atoms with Crippen molar-refractivity contribution >= 4 is 51.6 Å². The number of rotatable bonds is 9. The minimum atomic E-state index is -3.68. The maximum absolute atomic E-state index is 12.5. The lowest BCUT2D eigenvalue weighted by molar-refractivity contribution is -0.0504. The molecule has 0 aliphatic heterocycles. The van der Waals surface area contributed by atoms with Gasteiger partial charge in [-0.15, -0.1) is 24.0 Å². The Morgan fingerprint density at radius 2 is 1.87 bits per heavy atom. The zero-order valence-electron chi connectivity index (χ0n) is 15.9. The van der Waals surface area contributed by atoms with Crippen LogP contribution in [0, 0.1) is 0 Å². The monoisotopic (exact) mass is 574 g/mol. The van der Waals surface area contributed by atoms with Gasteiger partial charge in [0.25, 0.3) is 0 Å². The van der Waals surface area contributed by atoms with Gasteiger partial charge in [-0.25, -0.2) is 13.1 Å². The molecule has 0 saturated heterocycles. The van der Waals surface area contributed by atoms with E-state index >= 15 is 0 Å². The van der Waals surface area contributed by atoms with Crippen molar-refractivity contribution in [1.29, 1.82) is 0 Å².